The van der Waals surface area contributed by atoms with Gasteiger partial charge in [-0.1, -0.05) is 42.5 Å². The van der Waals surface area contributed by atoms with Crippen LogP contribution in [0.15, 0.2) is 54.6 Å². The topological polar surface area (TPSA) is 65.1 Å². The van der Waals surface area contributed by atoms with E-state index in [0.717, 1.165) is 50.7 Å². The largest absolute Gasteiger partial charge is 0.490 e. The molecule has 2 aromatic rings. The smallest absolute Gasteiger partial charge is 0.227 e. The Balaban J connectivity index is 1.11. The van der Waals surface area contributed by atoms with Crippen molar-refractivity contribution in [3.63, 3.8) is 0 Å². The summed E-state index contributed by atoms with van der Waals surface area (Å²) in [5, 5.41) is 2.97. The summed E-state index contributed by atoms with van der Waals surface area (Å²) in [6.45, 7) is 7.56. The summed E-state index contributed by atoms with van der Waals surface area (Å²) in [6.07, 6.45) is 0.418. The van der Waals surface area contributed by atoms with E-state index < -0.39 is 0 Å². The standard InChI is InChI=1S/C25H32N4O3/c30-24(10-11-25(31)29-18-19-32-23-9-5-4-8-22(23)29)26-12-13-27-14-16-28(17-15-27)20-21-6-2-1-3-7-21/h1-9H,10-20H2,(H,26,30). The lowest BCUT2D eigenvalue weighted by molar-refractivity contribution is -0.125. The van der Waals surface area contributed by atoms with Crippen molar-refractivity contribution in [2.24, 2.45) is 0 Å². The van der Waals surface area contributed by atoms with Gasteiger partial charge in [-0.05, 0) is 17.7 Å². The van der Waals surface area contributed by atoms with Crippen LogP contribution in [0.4, 0.5) is 5.69 Å². The number of anilines is 1. The molecule has 0 spiro atoms. The molecule has 0 radical (unpaired) electrons. The van der Waals surface area contributed by atoms with E-state index in [-0.39, 0.29) is 24.7 Å². The molecule has 2 aliphatic rings. The van der Waals surface area contributed by atoms with Crippen molar-refractivity contribution >= 4 is 17.5 Å². The summed E-state index contributed by atoms with van der Waals surface area (Å²) in [5.74, 6) is 0.619. The second kappa shape index (κ2) is 11.1. The molecule has 7 nitrogen and oxygen atoms in total. The second-order valence-electron chi connectivity index (χ2n) is 8.31. The van der Waals surface area contributed by atoms with Gasteiger partial charge < -0.3 is 15.0 Å². The minimum absolute atomic E-state index is 0.0366. The lowest BCUT2D eigenvalue weighted by Gasteiger charge is -2.34. The first kappa shape index (κ1) is 22.3. The normalized spacial score (nSPS) is 16.8. The van der Waals surface area contributed by atoms with Crippen LogP contribution in [-0.2, 0) is 16.1 Å². The summed E-state index contributed by atoms with van der Waals surface area (Å²) in [5.41, 5.74) is 2.14. The molecule has 2 aromatic carbocycles. The Labute approximate surface area is 189 Å². The fourth-order valence-corrected chi connectivity index (χ4v) is 4.24. The van der Waals surface area contributed by atoms with E-state index >= 15 is 0 Å². The number of carbonyl (C=O) groups is 2. The summed E-state index contributed by atoms with van der Waals surface area (Å²) >= 11 is 0. The SMILES string of the molecule is O=C(CCC(=O)N1CCOc2ccccc21)NCCN1CCN(Cc2ccccc2)CC1. The number of amides is 2. The number of benzene rings is 2. The van der Waals surface area contributed by atoms with Gasteiger partial charge in [-0.2, -0.15) is 0 Å². The van der Waals surface area contributed by atoms with Crippen LogP contribution in [0.5, 0.6) is 5.75 Å². The van der Waals surface area contributed by atoms with Gasteiger partial charge in [-0.3, -0.25) is 19.4 Å². The van der Waals surface area contributed by atoms with Crippen molar-refractivity contribution < 1.29 is 14.3 Å². The van der Waals surface area contributed by atoms with Crippen LogP contribution >= 0.6 is 0 Å². The third-order valence-corrected chi connectivity index (χ3v) is 6.06. The molecule has 2 aliphatic heterocycles. The second-order valence-corrected chi connectivity index (χ2v) is 8.31. The van der Waals surface area contributed by atoms with Crippen molar-refractivity contribution in [2.75, 3.05) is 57.3 Å². The average Bonchev–Trinajstić information content (AvgIpc) is 2.84. The van der Waals surface area contributed by atoms with Crippen LogP contribution < -0.4 is 15.0 Å². The van der Waals surface area contributed by atoms with Crippen molar-refractivity contribution in [3.8, 4) is 5.75 Å². The summed E-state index contributed by atoms with van der Waals surface area (Å²) in [7, 11) is 0. The molecular formula is C25H32N4O3. The zero-order valence-corrected chi connectivity index (χ0v) is 18.5. The molecule has 7 heteroatoms. The third kappa shape index (κ3) is 6.08. The summed E-state index contributed by atoms with van der Waals surface area (Å²) in [4.78, 5) is 31.4. The van der Waals surface area contributed by atoms with Gasteiger partial charge in [0, 0.05) is 58.7 Å². The Bertz CT molecular complexity index is 897. The van der Waals surface area contributed by atoms with Gasteiger partial charge in [0.2, 0.25) is 11.8 Å². The molecular weight excluding hydrogens is 404 g/mol. The number of hydrogen-bond acceptors (Lipinski definition) is 5. The highest BCUT2D eigenvalue weighted by Gasteiger charge is 2.23. The van der Waals surface area contributed by atoms with Gasteiger partial charge >= 0.3 is 0 Å². The van der Waals surface area contributed by atoms with E-state index in [0.29, 0.717) is 19.7 Å². The molecule has 0 unspecified atom stereocenters. The molecule has 0 bridgehead atoms. The maximum Gasteiger partial charge on any atom is 0.227 e. The van der Waals surface area contributed by atoms with E-state index in [1.165, 1.54) is 5.56 Å². The summed E-state index contributed by atoms with van der Waals surface area (Å²) < 4.78 is 5.60. The molecule has 1 N–H and O–H groups in total. The number of carbonyl (C=O) groups excluding carboxylic acids is 2. The monoisotopic (exact) mass is 436 g/mol. The van der Waals surface area contributed by atoms with Gasteiger partial charge in [-0.25, -0.2) is 0 Å². The third-order valence-electron chi connectivity index (χ3n) is 6.06. The molecule has 170 valence electrons. The Morgan fingerprint density at radius 1 is 0.844 bits per heavy atom. The predicted octanol–water partition coefficient (Wildman–Crippen LogP) is 2.13. The molecule has 0 aromatic heterocycles. The first-order valence-electron chi connectivity index (χ1n) is 11.5. The molecule has 4 rings (SSSR count). The van der Waals surface area contributed by atoms with Crippen LogP contribution in [0.2, 0.25) is 0 Å². The van der Waals surface area contributed by atoms with Crippen LogP contribution in [0.25, 0.3) is 0 Å². The van der Waals surface area contributed by atoms with E-state index in [1.54, 1.807) is 4.90 Å². The maximum atomic E-state index is 12.6. The fourth-order valence-electron chi connectivity index (χ4n) is 4.24. The highest BCUT2D eigenvalue weighted by Crippen LogP contribution is 2.31. The van der Waals surface area contributed by atoms with E-state index in [2.05, 4.69) is 39.4 Å². The lowest BCUT2D eigenvalue weighted by atomic mass is 10.2. The number of rotatable bonds is 8. The Hall–Kier alpha value is -2.90. The Morgan fingerprint density at radius 3 is 2.38 bits per heavy atom. The van der Waals surface area contributed by atoms with Gasteiger partial charge in [0.05, 0.1) is 12.2 Å². The first-order valence-corrected chi connectivity index (χ1v) is 11.5. The zero-order chi connectivity index (χ0) is 22.2. The number of hydrogen-bond donors (Lipinski definition) is 1. The molecule has 0 aliphatic carbocycles. The maximum absolute atomic E-state index is 12.6. The van der Waals surface area contributed by atoms with Crippen molar-refractivity contribution in [1.29, 1.82) is 0 Å². The van der Waals surface area contributed by atoms with Gasteiger partial charge in [0.15, 0.2) is 0 Å². The summed E-state index contributed by atoms with van der Waals surface area (Å²) in [6, 6.07) is 18.1. The number of ether oxygens (including phenoxy) is 1. The minimum Gasteiger partial charge on any atom is -0.490 e. The molecule has 0 saturated carbocycles. The van der Waals surface area contributed by atoms with E-state index in [9.17, 15) is 9.59 Å². The number of fused-ring (bicyclic) bond motifs is 1. The molecule has 0 atom stereocenters. The van der Waals surface area contributed by atoms with Crippen molar-refractivity contribution in [1.82, 2.24) is 15.1 Å². The zero-order valence-electron chi connectivity index (χ0n) is 18.5. The number of nitrogens with zero attached hydrogens (tertiary/aromatic N) is 3. The highest BCUT2D eigenvalue weighted by atomic mass is 16.5. The van der Waals surface area contributed by atoms with Crippen LogP contribution in [-0.4, -0.2) is 74.0 Å². The Kier molecular flexibility index (Phi) is 7.74. The first-order chi connectivity index (χ1) is 15.7. The lowest BCUT2D eigenvalue weighted by Crippen LogP contribution is -2.48. The van der Waals surface area contributed by atoms with Crippen LogP contribution in [0, 0.1) is 0 Å². The molecule has 1 fully saturated rings. The molecule has 32 heavy (non-hydrogen) atoms. The Morgan fingerprint density at radius 2 is 1.56 bits per heavy atom. The van der Waals surface area contributed by atoms with Crippen molar-refractivity contribution in [3.05, 3.63) is 60.2 Å². The average molecular weight is 437 g/mol. The van der Waals surface area contributed by atoms with Gasteiger partial charge in [-0.15, -0.1) is 0 Å². The van der Waals surface area contributed by atoms with E-state index in [4.69, 9.17) is 4.74 Å². The predicted molar refractivity (Wildman–Crippen MR) is 125 cm³/mol. The van der Waals surface area contributed by atoms with Crippen LogP contribution in [0.3, 0.4) is 0 Å². The minimum atomic E-state index is -0.0670. The molecule has 2 heterocycles. The fraction of sp³-hybridized carbons (Fsp3) is 0.440. The number of piperazine rings is 1. The van der Waals surface area contributed by atoms with Crippen LogP contribution in [0.1, 0.15) is 18.4 Å². The van der Waals surface area contributed by atoms with Gasteiger partial charge in [0.1, 0.15) is 12.4 Å². The quantitative estimate of drug-likeness (QED) is 0.687. The molecule has 2 amide bonds. The highest BCUT2D eigenvalue weighted by molar-refractivity contribution is 5.97. The number of para-hydroxylation sites is 2. The number of nitrogens with one attached hydrogen (secondary N) is 1. The van der Waals surface area contributed by atoms with E-state index in [1.807, 2.05) is 30.3 Å². The van der Waals surface area contributed by atoms with Gasteiger partial charge in [0.25, 0.3) is 0 Å². The van der Waals surface area contributed by atoms with Crippen molar-refractivity contribution in [2.45, 2.75) is 19.4 Å². The molecule has 1 saturated heterocycles.